The Bertz CT molecular complexity index is 391. The molecule has 0 aliphatic carbocycles. The zero-order valence-electron chi connectivity index (χ0n) is 10.3. The molecule has 16 heavy (non-hydrogen) atoms. The van der Waals surface area contributed by atoms with Crippen LogP contribution in [0.5, 0.6) is 5.75 Å². The second-order valence-corrected chi connectivity index (χ2v) is 4.64. The van der Waals surface area contributed by atoms with Gasteiger partial charge in [0.2, 0.25) is 0 Å². The summed E-state index contributed by atoms with van der Waals surface area (Å²) >= 11 is 0. The van der Waals surface area contributed by atoms with Gasteiger partial charge in [-0.15, -0.1) is 0 Å². The number of nitriles is 1. The van der Waals surface area contributed by atoms with Crippen molar-refractivity contribution >= 4 is 0 Å². The van der Waals surface area contributed by atoms with E-state index in [1.54, 1.807) is 12.1 Å². The largest absolute Gasteiger partial charge is 0.492 e. The van der Waals surface area contributed by atoms with E-state index in [0.717, 1.165) is 5.75 Å². The van der Waals surface area contributed by atoms with Crippen molar-refractivity contribution in [3.8, 4) is 11.8 Å². The molecule has 0 aromatic heterocycles. The first-order valence-corrected chi connectivity index (χ1v) is 5.26. The molecule has 0 radical (unpaired) electrons. The highest BCUT2D eigenvalue weighted by atomic mass is 16.5. The molecule has 0 amide bonds. The molecular weight excluding hydrogens is 200 g/mol. The Morgan fingerprint density at radius 2 is 2.06 bits per heavy atom. The fraction of sp³-hybridized carbons (Fsp3) is 0.462. The van der Waals surface area contributed by atoms with Crippen molar-refractivity contribution in [1.29, 1.82) is 5.26 Å². The van der Waals surface area contributed by atoms with Gasteiger partial charge in [-0.2, -0.15) is 5.26 Å². The lowest BCUT2D eigenvalue weighted by atomic mass is 10.1. The van der Waals surface area contributed by atoms with Crippen LogP contribution in [0.15, 0.2) is 24.3 Å². The van der Waals surface area contributed by atoms with Gasteiger partial charge < -0.3 is 9.64 Å². The maximum Gasteiger partial charge on any atom is 0.120 e. The first-order valence-electron chi connectivity index (χ1n) is 5.26. The van der Waals surface area contributed by atoms with E-state index < -0.39 is 0 Å². The lowest BCUT2D eigenvalue weighted by molar-refractivity contribution is 0.114. The zero-order valence-corrected chi connectivity index (χ0v) is 10.3. The molecule has 86 valence electrons. The number of nitrogens with zero attached hydrogens (tertiary/aromatic N) is 2. The Hall–Kier alpha value is -1.53. The molecule has 1 aromatic carbocycles. The van der Waals surface area contributed by atoms with Crippen LogP contribution in [0.3, 0.4) is 0 Å². The van der Waals surface area contributed by atoms with E-state index in [4.69, 9.17) is 10.00 Å². The van der Waals surface area contributed by atoms with Crippen molar-refractivity contribution in [3.05, 3.63) is 29.8 Å². The summed E-state index contributed by atoms with van der Waals surface area (Å²) in [6.45, 7) is 4.82. The SMILES string of the molecule is CN(C)C(C)(C)COc1cccc(C#N)c1. The Morgan fingerprint density at radius 1 is 1.38 bits per heavy atom. The average molecular weight is 218 g/mol. The smallest absolute Gasteiger partial charge is 0.120 e. The van der Waals surface area contributed by atoms with Crippen molar-refractivity contribution in [1.82, 2.24) is 4.90 Å². The van der Waals surface area contributed by atoms with Gasteiger partial charge in [-0.1, -0.05) is 6.07 Å². The topological polar surface area (TPSA) is 36.3 Å². The molecule has 3 nitrogen and oxygen atoms in total. The highest BCUT2D eigenvalue weighted by Crippen LogP contribution is 2.16. The van der Waals surface area contributed by atoms with E-state index in [9.17, 15) is 0 Å². The molecule has 1 aromatic rings. The van der Waals surface area contributed by atoms with E-state index >= 15 is 0 Å². The van der Waals surface area contributed by atoms with Gasteiger partial charge in [-0.05, 0) is 46.1 Å². The number of rotatable bonds is 4. The normalized spacial score (nSPS) is 11.2. The molecule has 0 heterocycles. The molecule has 0 atom stereocenters. The zero-order chi connectivity index (χ0) is 12.2. The minimum atomic E-state index is -0.0252. The lowest BCUT2D eigenvalue weighted by Gasteiger charge is -2.32. The monoisotopic (exact) mass is 218 g/mol. The van der Waals surface area contributed by atoms with E-state index in [-0.39, 0.29) is 5.54 Å². The number of benzene rings is 1. The highest BCUT2D eigenvalue weighted by molar-refractivity contribution is 5.36. The molecule has 0 saturated heterocycles. The van der Waals surface area contributed by atoms with Crippen LogP contribution in [0.1, 0.15) is 19.4 Å². The summed E-state index contributed by atoms with van der Waals surface area (Å²) in [6, 6.07) is 9.32. The molecular formula is C13H18N2O. The first kappa shape index (κ1) is 12.5. The van der Waals surface area contributed by atoms with Gasteiger partial charge in [0, 0.05) is 5.54 Å². The van der Waals surface area contributed by atoms with Crippen LogP contribution in [0.2, 0.25) is 0 Å². The summed E-state index contributed by atoms with van der Waals surface area (Å²) in [4.78, 5) is 2.11. The van der Waals surface area contributed by atoms with Gasteiger partial charge in [0.25, 0.3) is 0 Å². The van der Waals surface area contributed by atoms with Crippen LogP contribution in [-0.2, 0) is 0 Å². The quantitative estimate of drug-likeness (QED) is 0.778. The third-order valence-corrected chi connectivity index (χ3v) is 2.77. The minimum absolute atomic E-state index is 0.0252. The van der Waals surface area contributed by atoms with Gasteiger partial charge in [-0.25, -0.2) is 0 Å². The minimum Gasteiger partial charge on any atom is -0.492 e. The molecule has 0 unspecified atom stereocenters. The lowest BCUT2D eigenvalue weighted by Crippen LogP contribution is -2.43. The average Bonchev–Trinajstić information content (AvgIpc) is 2.26. The maximum absolute atomic E-state index is 8.76. The second-order valence-electron chi connectivity index (χ2n) is 4.64. The van der Waals surface area contributed by atoms with E-state index in [1.807, 2.05) is 26.2 Å². The van der Waals surface area contributed by atoms with Crippen molar-refractivity contribution in [2.24, 2.45) is 0 Å². The van der Waals surface area contributed by atoms with Gasteiger partial charge in [0.15, 0.2) is 0 Å². The third-order valence-electron chi connectivity index (χ3n) is 2.77. The van der Waals surface area contributed by atoms with Crippen LogP contribution < -0.4 is 4.74 Å². The predicted octanol–water partition coefficient (Wildman–Crippen LogP) is 2.28. The molecule has 0 saturated carbocycles. The Kier molecular flexibility index (Phi) is 3.92. The summed E-state index contributed by atoms with van der Waals surface area (Å²) < 4.78 is 5.68. The van der Waals surface area contributed by atoms with Crippen molar-refractivity contribution in [2.45, 2.75) is 19.4 Å². The number of ether oxygens (including phenoxy) is 1. The number of hydrogen-bond donors (Lipinski definition) is 0. The van der Waals surface area contributed by atoms with E-state index in [1.165, 1.54) is 0 Å². The fourth-order valence-electron chi connectivity index (χ4n) is 1.04. The molecule has 0 aliphatic rings. The number of likely N-dealkylation sites (N-methyl/N-ethyl adjacent to an activating group) is 1. The van der Waals surface area contributed by atoms with Crippen LogP contribution in [0, 0.1) is 11.3 Å². The summed E-state index contributed by atoms with van der Waals surface area (Å²) in [6.07, 6.45) is 0. The van der Waals surface area contributed by atoms with Crippen molar-refractivity contribution < 1.29 is 4.74 Å². The molecule has 0 N–H and O–H groups in total. The molecule has 1 rings (SSSR count). The second kappa shape index (κ2) is 5.00. The fourth-order valence-corrected chi connectivity index (χ4v) is 1.04. The van der Waals surface area contributed by atoms with Gasteiger partial charge >= 0.3 is 0 Å². The summed E-state index contributed by atoms with van der Waals surface area (Å²) in [7, 11) is 4.05. The molecule has 0 spiro atoms. The van der Waals surface area contributed by atoms with E-state index in [2.05, 4.69) is 24.8 Å². The van der Waals surface area contributed by atoms with Crippen molar-refractivity contribution in [3.63, 3.8) is 0 Å². The van der Waals surface area contributed by atoms with Crippen molar-refractivity contribution in [2.75, 3.05) is 20.7 Å². The third kappa shape index (κ3) is 3.25. The molecule has 0 aliphatic heterocycles. The van der Waals surface area contributed by atoms with Gasteiger partial charge in [0.05, 0.1) is 11.6 Å². The summed E-state index contributed by atoms with van der Waals surface area (Å²) in [5.74, 6) is 0.744. The molecule has 0 bridgehead atoms. The Morgan fingerprint density at radius 3 is 2.62 bits per heavy atom. The Labute approximate surface area is 97.3 Å². The standard InChI is InChI=1S/C13H18N2O/c1-13(2,15(3)4)10-16-12-7-5-6-11(8-12)9-14/h5-8H,10H2,1-4H3. The molecule has 0 fully saturated rings. The first-order chi connectivity index (χ1) is 7.45. The van der Waals surface area contributed by atoms with Gasteiger partial charge in [0.1, 0.15) is 12.4 Å². The Balaban J connectivity index is 2.65. The van der Waals surface area contributed by atoms with Crippen LogP contribution >= 0.6 is 0 Å². The van der Waals surface area contributed by atoms with Gasteiger partial charge in [-0.3, -0.25) is 0 Å². The number of hydrogen-bond acceptors (Lipinski definition) is 3. The molecule has 3 heteroatoms. The summed E-state index contributed by atoms with van der Waals surface area (Å²) in [5.41, 5.74) is 0.600. The van der Waals surface area contributed by atoms with Crippen LogP contribution in [0.4, 0.5) is 0 Å². The predicted molar refractivity (Wildman–Crippen MR) is 64.4 cm³/mol. The highest BCUT2D eigenvalue weighted by Gasteiger charge is 2.21. The van der Waals surface area contributed by atoms with Crippen LogP contribution in [0.25, 0.3) is 0 Å². The summed E-state index contributed by atoms with van der Waals surface area (Å²) in [5, 5.41) is 8.76. The van der Waals surface area contributed by atoms with E-state index in [0.29, 0.717) is 12.2 Å². The maximum atomic E-state index is 8.76. The van der Waals surface area contributed by atoms with Crippen LogP contribution in [-0.4, -0.2) is 31.1 Å².